The molecule has 2 amide bonds. The number of rotatable bonds is 4. The van der Waals surface area contributed by atoms with E-state index < -0.39 is 17.8 Å². The van der Waals surface area contributed by atoms with Crippen LogP contribution in [-0.2, 0) is 14.3 Å². The van der Waals surface area contributed by atoms with E-state index >= 15 is 0 Å². The molecule has 2 N–H and O–H groups in total. The number of aliphatic carboxylic acids is 1. The van der Waals surface area contributed by atoms with E-state index in [-0.39, 0.29) is 23.7 Å². The number of carboxylic acid groups (broad SMARTS) is 1. The summed E-state index contributed by atoms with van der Waals surface area (Å²) in [6.07, 6.45) is 3.67. The van der Waals surface area contributed by atoms with Gasteiger partial charge in [-0.3, -0.25) is 14.4 Å². The molecule has 1 aromatic carbocycles. The van der Waals surface area contributed by atoms with Crippen molar-refractivity contribution in [2.75, 3.05) is 31.6 Å². The van der Waals surface area contributed by atoms with E-state index in [1.54, 1.807) is 29.2 Å². The zero-order chi connectivity index (χ0) is 19.7. The van der Waals surface area contributed by atoms with Gasteiger partial charge in [-0.1, -0.05) is 0 Å². The fourth-order valence-corrected chi connectivity index (χ4v) is 5.05. The van der Waals surface area contributed by atoms with Crippen LogP contribution in [0.1, 0.15) is 36.0 Å². The Kier molecular flexibility index (Phi) is 5.35. The fraction of sp³-hybridized carbons (Fsp3) is 0.571. The van der Waals surface area contributed by atoms with E-state index in [1.165, 1.54) is 0 Å². The zero-order valence-corrected chi connectivity index (χ0v) is 15.8. The van der Waals surface area contributed by atoms with Crippen LogP contribution in [0.25, 0.3) is 0 Å². The number of carboxylic acids is 1. The average Bonchev–Trinajstić information content (AvgIpc) is 2.74. The molecule has 0 radical (unpaired) electrons. The molecular weight excluding hydrogens is 360 g/mol. The average molecular weight is 386 g/mol. The zero-order valence-electron chi connectivity index (χ0n) is 15.8. The number of ether oxygens (including phenoxy) is 1. The minimum atomic E-state index is -0.860. The molecule has 4 fully saturated rings. The highest BCUT2D eigenvalue weighted by Crippen LogP contribution is 2.49. The number of nitrogens with one attached hydrogen (secondary N) is 1. The Morgan fingerprint density at radius 1 is 0.929 bits per heavy atom. The standard InChI is InChI=1S/C21H26N2O5/c24-19(17-13-1-3-14(4-2-13)18(17)21(26)27)22-16-7-5-15(6-8-16)20(25)23-9-11-28-12-10-23/h5-8,13-14,17-18H,1-4,9-12H2,(H,22,24)(H,26,27)/t13?,14?,17-,18+/m1/s1. The summed E-state index contributed by atoms with van der Waals surface area (Å²) in [6.45, 7) is 2.26. The molecule has 3 saturated carbocycles. The van der Waals surface area contributed by atoms with Gasteiger partial charge in [-0.2, -0.15) is 0 Å². The molecule has 3 aliphatic carbocycles. The Labute approximate surface area is 164 Å². The first-order valence-electron chi connectivity index (χ1n) is 10.1. The van der Waals surface area contributed by atoms with Gasteiger partial charge in [0.25, 0.3) is 5.91 Å². The predicted octanol–water partition coefficient (Wildman–Crippen LogP) is 2.23. The number of hydrogen-bond donors (Lipinski definition) is 2. The Bertz CT molecular complexity index is 749. The second-order valence-corrected chi connectivity index (χ2v) is 8.04. The molecular formula is C21H26N2O5. The van der Waals surface area contributed by atoms with Crippen LogP contribution < -0.4 is 5.32 Å². The molecule has 2 bridgehead atoms. The van der Waals surface area contributed by atoms with Crippen LogP contribution in [0.5, 0.6) is 0 Å². The highest BCUT2D eigenvalue weighted by atomic mass is 16.5. The third-order valence-electron chi connectivity index (χ3n) is 6.50. The van der Waals surface area contributed by atoms with E-state index in [9.17, 15) is 19.5 Å². The first-order valence-corrected chi connectivity index (χ1v) is 10.1. The van der Waals surface area contributed by atoms with E-state index in [0.29, 0.717) is 37.6 Å². The van der Waals surface area contributed by atoms with Gasteiger partial charge in [-0.25, -0.2) is 0 Å². The predicted molar refractivity (Wildman–Crippen MR) is 102 cm³/mol. The van der Waals surface area contributed by atoms with Gasteiger partial charge in [0, 0.05) is 24.3 Å². The molecule has 5 rings (SSSR count). The maximum absolute atomic E-state index is 12.9. The molecule has 1 aliphatic heterocycles. The number of morpholine rings is 1. The number of amides is 2. The summed E-state index contributed by atoms with van der Waals surface area (Å²) >= 11 is 0. The second kappa shape index (κ2) is 7.91. The maximum atomic E-state index is 12.9. The molecule has 2 atom stereocenters. The van der Waals surface area contributed by atoms with Gasteiger partial charge in [0.15, 0.2) is 0 Å². The third kappa shape index (κ3) is 3.63. The maximum Gasteiger partial charge on any atom is 0.307 e. The lowest BCUT2D eigenvalue weighted by atomic mass is 9.58. The number of nitrogens with zero attached hydrogens (tertiary/aromatic N) is 1. The SMILES string of the molecule is O=C(Nc1ccc(C(=O)N2CCOCC2)cc1)[C@@H]1C2CCC(CC2)[C@@H]1C(=O)O. The number of hydrogen-bond acceptors (Lipinski definition) is 4. The van der Waals surface area contributed by atoms with E-state index in [2.05, 4.69) is 5.32 Å². The van der Waals surface area contributed by atoms with Crippen molar-refractivity contribution < 1.29 is 24.2 Å². The van der Waals surface area contributed by atoms with Crippen molar-refractivity contribution in [1.82, 2.24) is 4.90 Å². The van der Waals surface area contributed by atoms with Gasteiger partial charge in [-0.15, -0.1) is 0 Å². The molecule has 28 heavy (non-hydrogen) atoms. The Morgan fingerprint density at radius 2 is 1.50 bits per heavy atom. The van der Waals surface area contributed by atoms with Crippen LogP contribution in [0.15, 0.2) is 24.3 Å². The molecule has 0 unspecified atom stereocenters. The summed E-state index contributed by atoms with van der Waals surface area (Å²) in [6, 6.07) is 6.83. The Hall–Kier alpha value is -2.41. The highest BCUT2D eigenvalue weighted by Gasteiger charge is 2.50. The van der Waals surface area contributed by atoms with Gasteiger partial charge < -0.3 is 20.1 Å². The van der Waals surface area contributed by atoms with Gasteiger partial charge in [-0.05, 0) is 61.8 Å². The number of carbonyl (C=O) groups excluding carboxylic acids is 2. The lowest BCUT2D eigenvalue weighted by Gasteiger charge is -2.45. The van der Waals surface area contributed by atoms with Gasteiger partial charge in [0.2, 0.25) is 5.91 Å². The van der Waals surface area contributed by atoms with Crippen molar-refractivity contribution in [3.63, 3.8) is 0 Å². The topological polar surface area (TPSA) is 95.9 Å². The molecule has 1 aromatic rings. The monoisotopic (exact) mass is 386 g/mol. The number of benzene rings is 1. The molecule has 7 heteroatoms. The van der Waals surface area contributed by atoms with Crippen LogP contribution in [-0.4, -0.2) is 54.1 Å². The quantitative estimate of drug-likeness (QED) is 0.827. The minimum absolute atomic E-state index is 0.0447. The van der Waals surface area contributed by atoms with E-state index in [0.717, 1.165) is 25.7 Å². The van der Waals surface area contributed by atoms with Gasteiger partial charge >= 0.3 is 5.97 Å². The van der Waals surface area contributed by atoms with Crippen molar-refractivity contribution in [3.8, 4) is 0 Å². The fourth-order valence-electron chi connectivity index (χ4n) is 5.05. The van der Waals surface area contributed by atoms with Crippen molar-refractivity contribution in [2.24, 2.45) is 23.7 Å². The Morgan fingerprint density at radius 3 is 2.07 bits per heavy atom. The largest absolute Gasteiger partial charge is 0.481 e. The number of carbonyl (C=O) groups is 3. The summed E-state index contributed by atoms with van der Waals surface area (Å²) < 4.78 is 5.27. The van der Waals surface area contributed by atoms with Crippen LogP contribution >= 0.6 is 0 Å². The van der Waals surface area contributed by atoms with E-state index in [4.69, 9.17) is 4.74 Å². The first-order chi connectivity index (χ1) is 13.5. The molecule has 7 nitrogen and oxygen atoms in total. The number of anilines is 1. The van der Waals surface area contributed by atoms with Gasteiger partial charge in [0.1, 0.15) is 0 Å². The molecule has 0 spiro atoms. The number of fused-ring (bicyclic) bond motifs is 3. The first kappa shape index (κ1) is 18.9. The smallest absolute Gasteiger partial charge is 0.307 e. The highest BCUT2D eigenvalue weighted by molar-refractivity contribution is 5.97. The van der Waals surface area contributed by atoms with Crippen molar-refractivity contribution in [1.29, 1.82) is 0 Å². The summed E-state index contributed by atoms with van der Waals surface area (Å²) in [4.78, 5) is 38.9. The summed E-state index contributed by atoms with van der Waals surface area (Å²) in [5.41, 5.74) is 1.16. The lowest BCUT2D eigenvalue weighted by molar-refractivity contribution is -0.156. The summed E-state index contributed by atoms with van der Waals surface area (Å²) in [5, 5.41) is 12.5. The van der Waals surface area contributed by atoms with Crippen molar-refractivity contribution >= 4 is 23.5 Å². The van der Waals surface area contributed by atoms with Crippen LogP contribution in [0.3, 0.4) is 0 Å². The van der Waals surface area contributed by atoms with Crippen LogP contribution in [0.4, 0.5) is 5.69 Å². The lowest BCUT2D eigenvalue weighted by Crippen LogP contribution is -2.49. The summed E-state index contributed by atoms with van der Waals surface area (Å²) in [5.74, 6) is -1.93. The third-order valence-corrected chi connectivity index (χ3v) is 6.50. The Balaban J connectivity index is 1.43. The molecule has 150 valence electrons. The van der Waals surface area contributed by atoms with Crippen LogP contribution in [0, 0.1) is 23.7 Å². The molecule has 1 heterocycles. The van der Waals surface area contributed by atoms with Gasteiger partial charge in [0.05, 0.1) is 25.0 Å². The molecule has 4 aliphatic rings. The molecule has 1 saturated heterocycles. The van der Waals surface area contributed by atoms with Crippen LogP contribution in [0.2, 0.25) is 0 Å². The molecule has 0 aromatic heterocycles. The minimum Gasteiger partial charge on any atom is -0.481 e. The van der Waals surface area contributed by atoms with Crippen molar-refractivity contribution in [2.45, 2.75) is 25.7 Å². The second-order valence-electron chi connectivity index (χ2n) is 8.04. The van der Waals surface area contributed by atoms with E-state index in [1.807, 2.05) is 0 Å². The normalized spacial score (nSPS) is 29.4. The van der Waals surface area contributed by atoms with Crippen molar-refractivity contribution in [3.05, 3.63) is 29.8 Å². The summed E-state index contributed by atoms with van der Waals surface area (Å²) in [7, 11) is 0.